The van der Waals surface area contributed by atoms with Crippen LogP contribution in [0, 0.1) is 24.3 Å². The lowest BCUT2D eigenvalue weighted by Gasteiger charge is -2.13. The number of benzene rings is 2. The van der Waals surface area contributed by atoms with Gasteiger partial charge in [0, 0.05) is 13.4 Å². The number of aryl methyl sites for hydroxylation is 2. The lowest BCUT2D eigenvalue weighted by Crippen LogP contribution is -1.93. The second kappa shape index (κ2) is 5.44. The van der Waals surface area contributed by atoms with E-state index in [4.69, 9.17) is 0 Å². The Morgan fingerprint density at radius 2 is 1.59 bits per heavy atom. The molecule has 0 fully saturated rings. The van der Waals surface area contributed by atoms with Crippen molar-refractivity contribution >= 4 is 34.4 Å². The van der Waals surface area contributed by atoms with Gasteiger partial charge in [0.1, 0.15) is 0 Å². The Morgan fingerprint density at radius 1 is 0.941 bits per heavy atom. The summed E-state index contributed by atoms with van der Waals surface area (Å²) < 4.78 is 1.38. The molecule has 2 aromatic rings. The molecule has 2 aromatic carbocycles. The first-order valence-corrected chi connectivity index (χ1v) is 7.48. The van der Waals surface area contributed by atoms with Crippen molar-refractivity contribution in [2.75, 3.05) is 0 Å². The van der Waals surface area contributed by atoms with Crippen molar-refractivity contribution < 1.29 is 0 Å². The molecule has 0 heterocycles. The van der Waals surface area contributed by atoms with Crippen LogP contribution in [-0.4, -0.2) is 0 Å². The smallest absolute Gasteiger partial charge is 0.0200 e. The molecule has 0 aliphatic heterocycles. The highest BCUT2D eigenvalue weighted by molar-refractivity contribution is 14.1. The summed E-state index contributed by atoms with van der Waals surface area (Å²) in [6.07, 6.45) is 0. The second-order valence-corrected chi connectivity index (χ2v) is 6.36. The molecule has 0 aliphatic rings. The van der Waals surface area contributed by atoms with Gasteiger partial charge in [-0.3, -0.25) is 0 Å². The zero-order valence-corrected chi connectivity index (χ0v) is 13.2. The Morgan fingerprint density at radius 3 is 2.24 bits per heavy atom. The van der Waals surface area contributed by atoms with Gasteiger partial charge in [-0.25, -0.2) is 0 Å². The SMILES string of the molecule is Cc1cc(C)c(Sc2ccccc2)c(C)c1I. The van der Waals surface area contributed by atoms with E-state index in [1.54, 1.807) is 0 Å². The van der Waals surface area contributed by atoms with Crippen molar-refractivity contribution in [1.82, 2.24) is 0 Å². The van der Waals surface area contributed by atoms with Crippen molar-refractivity contribution in [2.45, 2.75) is 30.6 Å². The van der Waals surface area contributed by atoms with Gasteiger partial charge < -0.3 is 0 Å². The van der Waals surface area contributed by atoms with Crippen LogP contribution in [0.5, 0.6) is 0 Å². The molecule has 0 saturated heterocycles. The average molecular weight is 354 g/mol. The first-order valence-electron chi connectivity index (χ1n) is 5.59. The monoisotopic (exact) mass is 354 g/mol. The van der Waals surface area contributed by atoms with E-state index in [1.807, 2.05) is 11.8 Å². The van der Waals surface area contributed by atoms with Gasteiger partial charge in [-0.1, -0.05) is 36.0 Å². The molecule has 0 bridgehead atoms. The van der Waals surface area contributed by atoms with Crippen LogP contribution < -0.4 is 0 Å². The first-order chi connectivity index (χ1) is 8.09. The van der Waals surface area contributed by atoms with Crippen LogP contribution >= 0.6 is 34.4 Å². The molecule has 17 heavy (non-hydrogen) atoms. The Bertz CT molecular complexity index is 532. The quantitative estimate of drug-likeness (QED) is 0.654. The largest absolute Gasteiger partial charge is 0.0895 e. The van der Waals surface area contributed by atoms with Gasteiger partial charge >= 0.3 is 0 Å². The molecular weight excluding hydrogens is 339 g/mol. The third-order valence-corrected chi connectivity index (χ3v) is 5.77. The van der Waals surface area contributed by atoms with Crippen molar-refractivity contribution in [3.05, 3.63) is 56.7 Å². The summed E-state index contributed by atoms with van der Waals surface area (Å²) in [5.74, 6) is 0. The number of halogens is 1. The van der Waals surface area contributed by atoms with Crippen molar-refractivity contribution in [1.29, 1.82) is 0 Å². The van der Waals surface area contributed by atoms with E-state index in [0.29, 0.717) is 0 Å². The standard InChI is InChI=1S/C15H15IS/c1-10-9-11(2)15(12(3)14(10)16)17-13-7-5-4-6-8-13/h4-9H,1-3H3. The van der Waals surface area contributed by atoms with Crippen LogP contribution in [0.4, 0.5) is 0 Å². The minimum absolute atomic E-state index is 1.30. The predicted molar refractivity (Wildman–Crippen MR) is 83.9 cm³/mol. The highest BCUT2D eigenvalue weighted by atomic mass is 127. The number of hydrogen-bond donors (Lipinski definition) is 0. The maximum atomic E-state index is 2.44. The third kappa shape index (κ3) is 2.86. The van der Waals surface area contributed by atoms with Crippen LogP contribution in [0.25, 0.3) is 0 Å². The van der Waals surface area contributed by atoms with E-state index in [0.717, 1.165) is 0 Å². The molecule has 0 aromatic heterocycles. The Balaban J connectivity index is 2.43. The molecule has 0 atom stereocenters. The molecule has 0 unspecified atom stereocenters. The Labute approximate surface area is 121 Å². The molecule has 0 nitrogen and oxygen atoms in total. The van der Waals surface area contributed by atoms with E-state index in [1.165, 1.54) is 30.1 Å². The Hall–Kier alpha value is -0.480. The summed E-state index contributed by atoms with van der Waals surface area (Å²) in [7, 11) is 0. The summed E-state index contributed by atoms with van der Waals surface area (Å²) in [6.45, 7) is 6.59. The van der Waals surface area contributed by atoms with E-state index in [9.17, 15) is 0 Å². The van der Waals surface area contributed by atoms with Gasteiger partial charge in [0.15, 0.2) is 0 Å². The molecule has 2 rings (SSSR count). The van der Waals surface area contributed by atoms with Crippen LogP contribution in [-0.2, 0) is 0 Å². The summed E-state index contributed by atoms with van der Waals surface area (Å²) in [5, 5.41) is 0. The minimum atomic E-state index is 1.30. The molecule has 0 N–H and O–H groups in total. The van der Waals surface area contributed by atoms with E-state index in [2.05, 4.69) is 79.8 Å². The lowest BCUT2D eigenvalue weighted by molar-refractivity contribution is 1.16. The van der Waals surface area contributed by atoms with Gasteiger partial charge in [-0.05, 0) is 72.2 Å². The molecule has 0 radical (unpaired) electrons. The highest BCUT2D eigenvalue weighted by Crippen LogP contribution is 2.35. The minimum Gasteiger partial charge on any atom is -0.0895 e. The third-order valence-electron chi connectivity index (χ3n) is 2.77. The zero-order valence-electron chi connectivity index (χ0n) is 10.3. The topological polar surface area (TPSA) is 0 Å². The van der Waals surface area contributed by atoms with Gasteiger partial charge in [0.05, 0.1) is 0 Å². The fourth-order valence-electron chi connectivity index (χ4n) is 1.91. The van der Waals surface area contributed by atoms with Crippen molar-refractivity contribution in [2.24, 2.45) is 0 Å². The number of hydrogen-bond acceptors (Lipinski definition) is 1. The maximum absolute atomic E-state index is 2.44. The number of rotatable bonds is 2. The van der Waals surface area contributed by atoms with E-state index < -0.39 is 0 Å². The first kappa shape index (κ1) is 13.0. The molecule has 0 amide bonds. The van der Waals surface area contributed by atoms with E-state index in [-0.39, 0.29) is 0 Å². The van der Waals surface area contributed by atoms with Crippen LogP contribution in [0.1, 0.15) is 16.7 Å². The molecule has 88 valence electrons. The molecular formula is C15H15IS. The molecule has 2 heteroatoms. The lowest BCUT2D eigenvalue weighted by atomic mass is 10.1. The van der Waals surface area contributed by atoms with Crippen molar-refractivity contribution in [3.8, 4) is 0 Å². The molecule has 0 spiro atoms. The maximum Gasteiger partial charge on any atom is 0.0200 e. The van der Waals surface area contributed by atoms with E-state index >= 15 is 0 Å². The fraction of sp³-hybridized carbons (Fsp3) is 0.200. The zero-order chi connectivity index (χ0) is 12.4. The van der Waals surface area contributed by atoms with Gasteiger partial charge in [-0.2, -0.15) is 0 Å². The van der Waals surface area contributed by atoms with Gasteiger partial charge in [0.25, 0.3) is 0 Å². The summed E-state index contributed by atoms with van der Waals surface area (Å²) in [6, 6.07) is 12.8. The molecule has 0 aliphatic carbocycles. The average Bonchev–Trinajstić information content (AvgIpc) is 2.33. The summed E-state index contributed by atoms with van der Waals surface area (Å²) in [4.78, 5) is 2.70. The summed E-state index contributed by atoms with van der Waals surface area (Å²) >= 11 is 4.30. The van der Waals surface area contributed by atoms with Crippen molar-refractivity contribution in [3.63, 3.8) is 0 Å². The second-order valence-electron chi connectivity index (χ2n) is 4.19. The molecule has 0 saturated carbocycles. The Kier molecular flexibility index (Phi) is 4.15. The predicted octanol–water partition coefficient (Wildman–Crippen LogP) is 5.37. The van der Waals surface area contributed by atoms with Crippen LogP contribution in [0.3, 0.4) is 0 Å². The van der Waals surface area contributed by atoms with Gasteiger partial charge in [-0.15, -0.1) is 0 Å². The van der Waals surface area contributed by atoms with Crippen LogP contribution in [0.15, 0.2) is 46.2 Å². The normalized spacial score (nSPS) is 10.6. The van der Waals surface area contributed by atoms with Crippen LogP contribution in [0.2, 0.25) is 0 Å². The summed E-state index contributed by atoms with van der Waals surface area (Å²) in [5.41, 5.74) is 4.14. The van der Waals surface area contributed by atoms with Gasteiger partial charge in [0.2, 0.25) is 0 Å². The highest BCUT2D eigenvalue weighted by Gasteiger charge is 2.10. The fourth-order valence-corrected chi connectivity index (χ4v) is 3.52.